The Kier molecular flexibility index (Phi) is 4.16. The Morgan fingerprint density at radius 1 is 1.20 bits per heavy atom. The second-order valence-electron chi connectivity index (χ2n) is 8.14. The molecule has 0 unspecified atom stereocenters. The number of hydrogen-bond acceptors (Lipinski definition) is 6. The molecule has 1 saturated carbocycles. The number of likely N-dealkylation sites (tertiary alicyclic amines) is 1. The molecule has 2 aliphatic rings. The smallest absolute Gasteiger partial charge is 0.229 e. The quantitative estimate of drug-likeness (QED) is 0.694. The van der Waals surface area contributed by atoms with Crippen LogP contribution in [0, 0.1) is 24.7 Å². The van der Waals surface area contributed by atoms with Crippen LogP contribution in [0.1, 0.15) is 12.5 Å². The number of aromatic nitrogens is 3. The van der Waals surface area contributed by atoms with Crippen LogP contribution in [0.5, 0.6) is 0 Å². The summed E-state index contributed by atoms with van der Waals surface area (Å²) in [6, 6.07) is 5.68. The largest absolute Gasteiger partial charge is 0.383 e. The van der Waals surface area contributed by atoms with Gasteiger partial charge >= 0.3 is 0 Å². The normalized spacial score (nSPS) is 22.1. The molecular weight excluding hydrogens is 380 g/mol. The number of amides is 2. The van der Waals surface area contributed by atoms with Gasteiger partial charge in [-0.3, -0.25) is 14.6 Å². The van der Waals surface area contributed by atoms with Crippen LogP contribution >= 0.6 is 0 Å². The van der Waals surface area contributed by atoms with Gasteiger partial charge in [-0.2, -0.15) is 0 Å². The van der Waals surface area contributed by atoms with Crippen LogP contribution in [0.3, 0.4) is 0 Å². The monoisotopic (exact) mass is 402 g/mol. The Hall–Kier alpha value is -3.55. The van der Waals surface area contributed by atoms with E-state index in [1.807, 2.05) is 30.0 Å². The van der Waals surface area contributed by atoms with Crippen molar-refractivity contribution in [3.05, 3.63) is 42.4 Å². The minimum atomic E-state index is -0.0470. The molecule has 0 aromatic carbocycles. The average molecular weight is 402 g/mol. The molecule has 0 bridgehead atoms. The van der Waals surface area contributed by atoms with Crippen LogP contribution in [0.2, 0.25) is 0 Å². The van der Waals surface area contributed by atoms with Crippen molar-refractivity contribution in [2.45, 2.75) is 13.8 Å². The molecule has 2 amide bonds. The summed E-state index contributed by atoms with van der Waals surface area (Å²) in [5.41, 5.74) is 8.86. The molecule has 8 heteroatoms. The van der Waals surface area contributed by atoms with Crippen LogP contribution in [0.4, 0.5) is 11.6 Å². The first-order valence-electron chi connectivity index (χ1n) is 9.96. The van der Waals surface area contributed by atoms with Crippen molar-refractivity contribution in [1.29, 1.82) is 0 Å². The van der Waals surface area contributed by atoms with E-state index in [2.05, 4.69) is 20.3 Å². The number of rotatable bonds is 3. The molecule has 3 aromatic heterocycles. The highest BCUT2D eigenvalue weighted by Gasteiger charge is 2.59. The minimum absolute atomic E-state index is 0.0367. The van der Waals surface area contributed by atoms with E-state index in [1.165, 1.54) is 0 Å². The third kappa shape index (κ3) is 3.04. The van der Waals surface area contributed by atoms with Crippen molar-refractivity contribution in [2.24, 2.45) is 17.8 Å². The highest BCUT2D eigenvalue weighted by Crippen LogP contribution is 2.52. The summed E-state index contributed by atoms with van der Waals surface area (Å²) in [4.78, 5) is 39.0. The van der Waals surface area contributed by atoms with Crippen LogP contribution in [-0.2, 0) is 9.59 Å². The molecule has 3 aromatic rings. The van der Waals surface area contributed by atoms with Crippen molar-refractivity contribution >= 4 is 34.2 Å². The van der Waals surface area contributed by atoms with E-state index in [-0.39, 0.29) is 29.6 Å². The van der Waals surface area contributed by atoms with Crippen molar-refractivity contribution < 1.29 is 9.59 Å². The zero-order chi connectivity index (χ0) is 21.0. The number of carbonyl (C=O) groups excluding carboxylic acids is 2. The molecule has 4 heterocycles. The van der Waals surface area contributed by atoms with E-state index in [4.69, 9.17) is 5.73 Å². The molecular formula is C22H22N6O2. The number of hydrogen-bond donors (Lipinski definition) is 2. The Morgan fingerprint density at radius 3 is 2.67 bits per heavy atom. The Balaban J connectivity index is 1.38. The number of aryl methyl sites for hydroxylation is 1. The number of anilines is 2. The lowest BCUT2D eigenvalue weighted by atomic mass is 10.1. The maximum Gasteiger partial charge on any atom is 0.229 e. The number of piperidine rings is 1. The summed E-state index contributed by atoms with van der Waals surface area (Å²) in [7, 11) is 0. The summed E-state index contributed by atoms with van der Waals surface area (Å²) < 4.78 is 0. The van der Waals surface area contributed by atoms with Gasteiger partial charge in [0.25, 0.3) is 0 Å². The number of nitrogens with two attached hydrogens (primary N) is 1. The number of nitrogens with one attached hydrogen (secondary N) is 1. The van der Waals surface area contributed by atoms with E-state index in [9.17, 15) is 9.59 Å². The lowest BCUT2D eigenvalue weighted by Crippen LogP contribution is -2.31. The molecule has 2 fully saturated rings. The van der Waals surface area contributed by atoms with E-state index < -0.39 is 0 Å². The number of fused-ring (bicyclic) bond motifs is 2. The van der Waals surface area contributed by atoms with Crippen LogP contribution in [-0.4, -0.2) is 44.8 Å². The molecule has 3 N–H and O–H groups in total. The topological polar surface area (TPSA) is 114 Å². The molecule has 30 heavy (non-hydrogen) atoms. The lowest BCUT2D eigenvalue weighted by Gasteiger charge is -2.17. The third-order valence-corrected chi connectivity index (χ3v) is 6.25. The molecule has 0 spiro atoms. The SMILES string of the molecule is CC(=O)N1C[C@@H]2[C@H](C1)[C@H]2C(=O)Nc1cc2cc(-c3cnccc3C)nc(N)c2cn1. The fourth-order valence-corrected chi connectivity index (χ4v) is 4.49. The summed E-state index contributed by atoms with van der Waals surface area (Å²) in [6.07, 6.45) is 5.14. The number of nitrogens with zero attached hydrogens (tertiary/aromatic N) is 4. The first kappa shape index (κ1) is 18.5. The summed E-state index contributed by atoms with van der Waals surface area (Å²) in [6.45, 7) is 4.90. The van der Waals surface area contributed by atoms with Gasteiger partial charge in [-0.05, 0) is 47.9 Å². The zero-order valence-electron chi connectivity index (χ0n) is 16.8. The zero-order valence-corrected chi connectivity index (χ0v) is 16.8. The van der Waals surface area contributed by atoms with Gasteiger partial charge in [-0.25, -0.2) is 9.97 Å². The molecule has 1 aliphatic heterocycles. The molecule has 1 aliphatic carbocycles. The van der Waals surface area contributed by atoms with Crippen molar-refractivity contribution in [3.8, 4) is 11.3 Å². The van der Waals surface area contributed by atoms with Gasteiger partial charge in [0.1, 0.15) is 11.6 Å². The van der Waals surface area contributed by atoms with Gasteiger partial charge in [0.05, 0.1) is 5.69 Å². The number of carbonyl (C=O) groups is 2. The van der Waals surface area contributed by atoms with Gasteiger partial charge in [0.15, 0.2) is 0 Å². The van der Waals surface area contributed by atoms with E-state index in [0.717, 1.165) is 27.6 Å². The second-order valence-corrected chi connectivity index (χ2v) is 8.14. The standard InChI is InChI=1S/C22H22N6O2/c1-11-3-4-24-7-14(11)18-5-13-6-19(25-8-15(13)21(23)26-18)27-22(30)20-16-9-28(12(2)29)10-17(16)20/h3-8,16-17,20H,9-10H2,1-2H3,(H2,23,26)(H,25,27,30)/t16-,17+,20+. The van der Waals surface area contributed by atoms with E-state index >= 15 is 0 Å². The van der Waals surface area contributed by atoms with Gasteiger partial charge in [-0.15, -0.1) is 0 Å². The van der Waals surface area contributed by atoms with Crippen molar-refractivity contribution in [1.82, 2.24) is 19.9 Å². The van der Waals surface area contributed by atoms with Crippen molar-refractivity contribution in [3.63, 3.8) is 0 Å². The van der Waals surface area contributed by atoms with Gasteiger partial charge in [-0.1, -0.05) is 0 Å². The second kappa shape index (κ2) is 6.76. The summed E-state index contributed by atoms with van der Waals surface area (Å²) in [5.74, 6) is 1.38. The predicted octanol–water partition coefficient (Wildman–Crippen LogP) is 2.25. The molecule has 5 rings (SSSR count). The van der Waals surface area contributed by atoms with Crippen LogP contribution < -0.4 is 11.1 Å². The van der Waals surface area contributed by atoms with Gasteiger partial charge < -0.3 is 16.0 Å². The lowest BCUT2D eigenvalue weighted by molar-refractivity contribution is -0.129. The first-order chi connectivity index (χ1) is 14.4. The van der Waals surface area contributed by atoms with Crippen LogP contribution in [0.25, 0.3) is 22.0 Å². The summed E-state index contributed by atoms with van der Waals surface area (Å²) in [5, 5.41) is 4.52. The van der Waals surface area contributed by atoms with Crippen LogP contribution in [0.15, 0.2) is 36.8 Å². The highest BCUT2D eigenvalue weighted by atomic mass is 16.2. The Morgan fingerprint density at radius 2 is 1.97 bits per heavy atom. The number of nitrogen functional groups attached to an aromatic ring is 1. The third-order valence-electron chi connectivity index (χ3n) is 6.25. The molecule has 152 valence electrons. The minimum Gasteiger partial charge on any atom is -0.383 e. The number of pyridine rings is 3. The summed E-state index contributed by atoms with van der Waals surface area (Å²) >= 11 is 0. The van der Waals surface area contributed by atoms with Gasteiger partial charge in [0, 0.05) is 55.5 Å². The molecule has 8 nitrogen and oxygen atoms in total. The molecule has 3 atom stereocenters. The Labute approximate surface area is 173 Å². The molecule has 1 saturated heterocycles. The average Bonchev–Trinajstić information content (AvgIpc) is 3.21. The van der Waals surface area contributed by atoms with E-state index in [1.54, 1.807) is 25.5 Å². The fourth-order valence-electron chi connectivity index (χ4n) is 4.49. The predicted molar refractivity (Wildman–Crippen MR) is 113 cm³/mol. The maximum atomic E-state index is 12.7. The fraction of sp³-hybridized carbons (Fsp3) is 0.318. The first-order valence-corrected chi connectivity index (χ1v) is 9.96. The Bertz CT molecular complexity index is 1180. The van der Waals surface area contributed by atoms with Gasteiger partial charge in [0.2, 0.25) is 11.8 Å². The highest BCUT2D eigenvalue weighted by molar-refractivity contribution is 5.99. The molecule has 0 radical (unpaired) electrons. The van der Waals surface area contributed by atoms with Crippen molar-refractivity contribution in [2.75, 3.05) is 24.1 Å². The maximum absolute atomic E-state index is 12.7. The van der Waals surface area contributed by atoms with E-state index in [0.29, 0.717) is 24.7 Å².